The van der Waals surface area contributed by atoms with Crippen LogP contribution < -0.4 is 0 Å². The van der Waals surface area contributed by atoms with Gasteiger partial charge in [0.15, 0.2) is 0 Å². The van der Waals surface area contributed by atoms with Gasteiger partial charge >= 0.3 is 0 Å². The van der Waals surface area contributed by atoms with E-state index in [1.165, 1.54) is 32.7 Å². The summed E-state index contributed by atoms with van der Waals surface area (Å²) in [6.07, 6.45) is 3.30. The van der Waals surface area contributed by atoms with Gasteiger partial charge in [0.25, 0.3) is 0 Å². The molecule has 3 rings (SSSR count). The molecule has 0 aliphatic carbocycles. The summed E-state index contributed by atoms with van der Waals surface area (Å²) >= 11 is 0. The minimum Gasteiger partial charge on any atom is -0.0815 e. The van der Waals surface area contributed by atoms with Crippen LogP contribution in [0.15, 0.2) is 66.2 Å². The summed E-state index contributed by atoms with van der Waals surface area (Å²) in [4.78, 5) is 0. The SMILES string of the molecule is CC(C)=CCc1ccc2cc3ccccc3cc2c1. The lowest BCUT2D eigenvalue weighted by Crippen LogP contribution is -1.83. The van der Waals surface area contributed by atoms with Gasteiger partial charge in [-0.2, -0.15) is 0 Å². The molecule has 0 saturated heterocycles. The first kappa shape index (κ1) is 12.0. The first-order valence-electron chi connectivity index (χ1n) is 6.77. The largest absolute Gasteiger partial charge is 0.0815 e. The molecule has 0 spiro atoms. The number of allylic oxidation sites excluding steroid dienone is 2. The number of benzene rings is 3. The normalized spacial score (nSPS) is 10.8. The van der Waals surface area contributed by atoms with E-state index in [0.717, 1.165) is 6.42 Å². The van der Waals surface area contributed by atoms with E-state index in [1.54, 1.807) is 0 Å². The second kappa shape index (κ2) is 4.89. The van der Waals surface area contributed by atoms with Gasteiger partial charge in [-0.3, -0.25) is 0 Å². The zero-order valence-electron chi connectivity index (χ0n) is 11.5. The Morgan fingerprint density at radius 1 is 0.789 bits per heavy atom. The molecule has 94 valence electrons. The minimum atomic E-state index is 1.02. The van der Waals surface area contributed by atoms with E-state index in [0.29, 0.717) is 0 Å². The van der Waals surface area contributed by atoms with E-state index >= 15 is 0 Å². The molecule has 0 aliphatic rings. The molecular formula is C19H18. The van der Waals surface area contributed by atoms with E-state index in [1.807, 2.05) is 0 Å². The molecule has 0 radical (unpaired) electrons. The van der Waals surface area contributed by atoms with Gasteiger partial charge in [0.2, 0.25) is 0 Å². The standard InChI is InChI=1S/C19H18/c1-14(2)7-8-15-9-10-18-12-16-5-3-4-6-17(16)13-19(18)11-15/h3-7,9-13H,8H2,1-2H3. The van der Waals surface area contributed by atoms with Crippen molar-refractivity contribution < 1.29 is 0 Å². The zero-order valence-corrected chi connectivity index (χ0v) is 11.5. The van der Waals surface area contributed by atoms with Crippen molar-refractivity contribution in [3.05, 3.63) is 71.8 Å². The fraction of sp³-hybridized carbons (Fsp3) is 0.158. The average molecular weight is 246 g/mol. The van der Waals surface area contributed by atoms with E-state index in [-0.39, 0.29) is 0 Å². The third-order valence-corrected chi connectivity index (χ3v) is 3.52. The van der Waals surface area contributed by atoms with E-state index in [9.17, 15) is 0 Å². The van der Waals surface area contributed by atoms with E-state index in [2.05, 4.69) is 74.5 Å². The highest BCUT2D eigenvalue weighted by Gasteiger charge is 1.99. The predicted octanol–water partition coefficient (Wildman–Crippen LogP) is 5.50. The first-order chi connectivity index (χ1) is 9.22. The molecule has 3 aromatic carbocycles. The lowest BCUT2D eigenvalue weighted by Gasteiger charge is -2.04. The third kappa shape index (κ3) is 2.53. The van der Waals surface area contributed by atoms with Crippen molar-refractivity contribution in [2.75, 3.05) is 0 Å². The average Bonchev–Trinajstić information content (AvgIpc) is 2.42. The summed E-state index contributed by atoms with van der Waals surface area (Å²) in [7, 11) is 0. The van der Waals surface area contributed by atoms with Crippen molar-refractivity contribution in [2.45, 2.75) is 20.3 Å². The Hall–Kier alpha value is -2.08. The summed E-state index contributed by atoms with van der Waals surface area (Å²) in [5.74, 6) is 0. The van der Waals surface area contributed by atoms with Crippen molar-refractivity contribution in [1.29, 1.82) is 0 Å². The molecule has 0 nitrogen and oxygen atoms in total. The second-order valence-corrected chi connectivity index (χ2v) is 5.37. The van der Waals surface area contributed by atoms with Gasteiger partial charge in [0.1, 0.15) is 0 Å². The lowest BCUT2D eigenvalue weighted by molar-refractivity contribution is 1.22. The number of rotatable bonds is 2. The maximum absolute atomic E-state index is 2.31. The monoisotopic (exact) mass is 246 g/mol. The van der Waals surface area contributed by atoms with Gasteiger partial charge in [-0.1, -0.05) is 54.1 Å². The third-order valence-electron chi connectivity index (χ3n) is 3.52. The molecule has 0 heterocycles. The Balaban J connectivity index is 2.11. The lowest BCUT2D eigenvalue weighted by atomic mass is 10.0. The molecule has 19 heavy (non-hydrogen) atoms. The fourth-order valence-electron chi connectivity index (χ4n) is 2.44. The van der Waals surface area contributed by atoms with Gasteiger partial charge in [-0.15, -0.1) is 0 Å². The van der Waals surface area contributed by atoms with Gasteiger partial charge in [0, 0.05) is 0 Å². The van der Waals surface area contributed by atoms with Crippen LogP contribution in [0.5, 0.6) is 0 Å². The zero-order chi connectivity index (χ0) is 13.2. The molecule has 0 unspecified atom stereocenters. The van der Waals surface area contributed by atoms with Crippen molar-refractivity contribution in [2.24, 2.45) is 0 Å². The summed E-state index contributed by atoms with van der Waals surface area (Å²) in [5.41, 5.74) is 2.75. The molecule has 0 atom stereocenters. The van der Waals surface area contributed by atoms with Crippen molar-refractivity contribution in [3.63, 3.8) is 0 Å². The summed E-state index contributed by atoms with van der Waals surface area (Å²) in [5, 5.41) is 5.28. The summed E-state index contributed by atoms with van der Waals surface area (Å²) in [6.45, 7) is 4.29. The van der Waals surface area contributed by atoms with E-state index < -0.39 is 0 Å². The fourth-order valence-corrected chi connectivity index (χ4v) is 2.44. The smallest absolute Gasteiger partial charge is 0.00948 e. The van der Waals surface area contributed by atoms with Gasteiger partial charge in [-0.25, -0.2) is 0 Å². The van der Waals surface area contributed by atoms with Gasteiger partial charge < -0.3 is 0 Å². The number of hydrogen-bond donors (Lipinski definition) is 0. The van der Waals surface area contributed by atoms with Gasteiger partial charge in [-0.05, 0) is 59.5 Å². The molecule has 0 saturated carbocycles. The number of fused-ring (bicyclic) bond motifs is 2. The van der Waals surface area contributed by atoms with Crippen LogP contribution in [0.2, 0.25) is 0 Å². The van der Waals surface area contributed by atoms with Crippen molar-refractivity contribution in [1.82, 2.24) is 0 Å². The Morgan fingerprint density at radius 2 is 1.42 bits per heavy atom. The van der Waals surface area contributed by atoms with Crippen LogP contribution in [0, 0.1) is 0 Å². The highest BCUT2D eigenvalue weighted by molar-refractivity contribution is 5.98. The van der Waals surface area contributed by atoms with Crippen molar-refractivity contribution >= 4 is 21.5 Å². The molecule has 0 heteroatoms. The van der Waals surface area contributed by atoms with Crippen LogP contribution in [0.4, 0.5) is 0 Å². The van der Waals surface area contributed by atoms with E-state index in [4.69, 9.17) is 0 Å². The van der Waals surface area contributed by atoms with Crippen LogP contribution in [-0.2, 0) is 6.42 Å². The highest BCUT2D eigenvalue weighted by atomic mass is 14.0. The maximum Gasteiger partial charge on any atom is -0.00948 e. The Morgan fingerprint density at radius 3 is 2.11 bits per heavy atom. The predicted molar refractivity (Wildman–Crippen MR) is 84.6 cm³/mol. The van der Waals surface area contributed by atoms with Crippen LogP contribution in [0.1, 0.15) is 19.4 Å². The summed E-state index contributed by atoms with van der Waals surface area (Å²) in [6, 6.07) is 19.9. The number of hydrogen-bond acceptors (Lipinski definition) is 0. The molecular weight excluding hydrogens is 228 g/mol. The molecule has 0 aromatic heterocycles. The Kier molecular flexibility index (Phi) is 3.08. The summed E-state index contributed by atoms with van der Waals surface area (Å²) < 4.78 is 0. The molecule has 0 N–H and O–H groups in total. The second-order valence-electron chi connectivity index (χ2n) is 5.37. The first-order valence-corrected chi connectivity index (χ1v) is 6.77. The highest BCUT2D eigenvalue weighted by Crippen LogP contribution is 2.24. The van der Waals surface area contributed by atoms with Crippen LogP contribution in [-0.4, -0.2) is 0 Å². The molecule has 0 aliphatic heterocycles. The quantitative estimate of drug-likeness (QED) is 0.413. The molecule has 0 fully saturated rings. The minimum absolute atomic E-state index is 1.02. The maximum atomic E-state index is 2.31. The van der Waals surface area contributed by atoms with Crippen LogP contribution in [0.25, 0.3) is 21.5 Å². The van der Waals surface area contributed by atoms with Gasteiger partial charge in [0.05, 0.1) is 0 Å². The van der Waals surface area contributed by atoms with Crippen molar-refractivity contribution in [3.8, 4) is 0 Å². The molecule has 3 aromatic rings. The molecule has 0 bridgehead atoms. The topological polar surface area (TPSA) is 0 Å². The Bertz CT molecular complexity index is 759. The molecule has 0 amide bonds. The Labute approximate surface area is 114 Å². The van der Waals surface area contributed by atoms with Crippen LogP contribution >= 0.6 is 0 Å². The van der Waals surface area contributed by atoms with Crippen LogP contribution in [0.3, 0.4) is 0 Å².